The van der Waals surface area contributed by atoms with E-state index < -0.39 is 23.8 Å². The predicted octanol–water partition coefficient (Wildman–Crippen LogP) is 3.29. The molecule has 2 N–H and O–H groups in total. The van der Waals surface area contributed by atoms with E-state index >= 15 is 0 Å². The van der Waals surface area contributed by atoms with Crippen molar-refractivity contribution in [3.05, 3.63) is 83.9 Å². The van der Waals surface area contributed by atoms with Crippen molar-refractivity contribution in [1.29, 1.82) is 0 Å². The van der Waals surface area contributed by atoms with Crippen molar-refractivity contribution in [3.8, 4) is 11.5 Å². The van der Waals surface area contributed by atoms with E-state index in [4.69, 9.17) is 9.47 Å². The van der Waals surface area contributed by atoms with Gasteiger partial charge in [-0.3, -0.25) is 9.59 Å². The van der Waals surface area contributed by atoms with Crippen molar-refractivity contribution in [3.63, 3.8) is 0 Å². The highest BCUT2D eigenvalue weighted by molar-refractivity contribution is 6.08. The highest BCUT2D eigenvalue weighted by Crippen LogP contribution is 2.20. The average molecular weight is 492 g/mol. The number of esters is 2. The fraction of sp³-hybridized carbons (Fsp3) is 0.154. The van der Waals surface area contributed by atoms with Gasteiger partial charge in [0.1, 0.15) is 11.5 Å². The van der Waals surface area contributed by atoms with Gasteiger partial charge >= 0.3 is 11.9 Å². The zero-order valence-electron chi connectivity index (χ0n) is 19.6. The Labute approximate surface area is 207 Å². The molecule has 3 aromatic rings. The van der Waals surface area contributed by atoms with Gasteiger partial charge in [0, 0.05) is 34.6 Å². The Balaban J connectivity index is 1.64. The van der Waals surface area contributed by atoms with Crippen LogP contribution in [0.1, 0.15) is 20.7 Å². The minimum atomic E-state index is -0.528. The third-order valence-electron chi connectivity index (χ3n) is 4.74. The molecule has 0 saturated carbocycles. The molecule has 0 fully saturated rings. The number of ether oxygens (including phenoxy) is 4. The fourth-order valence-electron chi connectivity index (χ4n) is 2.94. The number of rotatable bonds is 10. The van der Waals surface area contributed by atoms with Crippen LogP contribution >= 0.6 is 0 Å². The van der Waals surface area contributed by atoms with Crippen LogP contribution in [-0.4, -0.2) is 51.2 Å². The maximum absolute atomic E-state index is 12.8. The van der Waals surface area contributed by atoms with Gasteiger partial charge in [0.25, 0.3) is 11.8 Å². The molecule has 10 nitrogen and oxygen atoms in total. The standard InChI is InChI=1S/C26H24N2O8/c1-33-23(29)15-35-21-10-4-8-19(13-21)27-25(31)17-6-3-7-18(12-17)26(32)28-20-9-5-11-22(14-20)36-16-24(30)34-2/h3-14H,15-16H2,1-2H3,(H,27,31)(H,28,32). The molecule has 3 aromatic carbocycles. The fourth-order valence-corrected chi connectivity index (χ4v) is 2.94. The largest absolute Gasteiger partial charge is 0.482 e. The van der Waals surface area contributed by atoms with E-state index in [1.807, 2.05) is 0 Å². The second-order valence-electron chi connectivity index (χ2n) is 7.27. The van der Waals surface area contributed by atoms with Crippen molar-refractivity contribution in [1.82, 2.24) is 0 Å². The van der Waals surface area contributed by atoms with Crippen molar-refractivity contribution < 1.29 is 38.1 Å². The molecule has 0 aliphatic rings. The third kappa shape index (κ3) is 7.59. The van der Waals surface area contributed by atoms with E-state index in [1.54, 1.807) is 66.7 Å². The van der Waals surface area contributed by atoms with Crippen molar-refractivity contribution >= 4 is 35.1 Å². The lowest BCUT2D eigenvalue weighted by atomic mass is 10.1. The molecule has 2 amide bonds. The van der Waals surface area contributed by atoms with Crippen molar-refractivity contribution in [2.24, 2.45) is 0 Å². The minimum absolute atomic E-state index is 0.259. The summed E-state index contributed by atoms with van der Waals surface area (Å²) in [5.74, 6) is -1.17. The number of nitrogens with one attached hydrogen (secondary N) is 2. The van der Waals surface area contributed by atoms with E-state index in [0.717, 1.165) is 0 Å². The number of methoxy groups -OCH3 is 2. The smallest absolute Gasteiger partial charge is 0.343 e. The van der Waals surface area contributed by atoms with Crippen LogP contribution in [0, 0.1) is 0 Å². The molecule has 0 radical (unpaired) electrons. The monoisotopic (exact) mass is 492 g/mol. The summed E-state index contributed by atoms with van der Waals surface area (Å²) >= 11 is 0. The first-order chi connectivity index (χ1) is 17.4. The Morgan fingerprint density at radius 1 is 0.611 bits per heavy atom. The summed E-state index contributed by atoms with van der Waals surface area (Å²) in [4.78, 5) is 48.0. The molecule has 0 heterocycles. The van der Waals surface area contributed by atoms with Crippen LogP contribution in [0.25, 0.3) is 0 Å². The third-order valence-corrected chi connectivity index (χ3v) is 4.74. The zero-order chi connectivity index (χ0) is 25.9. The van der Waals surface area contributed by atoms with Crippen LogP contribution in [-0.2, 0) is 19.1 Å². The molecular formula is C26H24N2O8. The second kappa shape index (κ2) is 12.6. The predicted molar refractivity (Wildman–Crippen MR) is 130 cm³/mol. The summed E-state index contributed by atoms with van der Waals surface area (Å²) < 4.78 is 19.7. The first-order valence-corrected chi connectivity index (χ1v) is 10.7. The van der Waals surface area contributed by atoms with E-state index in [2.05, 4.69) is 20.1 Å². The topological polar surface area (TPSA) is 129 Å². The Bertz CT molecular complexity index is 1170. The molecule has 10 heteroatoms. The number of hydrogen-bond donors (Lipinski definition) is 2. The molecule has 0 bridgehead atoms. The summed E-state index contributed by atoms with van der Waals surface area (Å²) in [5.41, 5.74) is 1.42. The summed E-state index contributed by atoms with van der Waals surface area (Å²) in [7, 11) is 2.52. The number of carbonyl (C=O) groups is 4. The van der Waals surface area contributed by atoms with E-state index in [1.165, 1.54) is 20.3 Å². The summed E-state index contributed by atoms with van der Waals surface area (Å²) in [6.45, 7) is -0.517. The highest BCUT2D eigenvalue weighted by Gasteiger charge is 2.13. The van der Waals surface area contributed by atoms with E-state index in [-0.39, 0.29) is 24.3 Å². The molecule has 36 heavy (non-hydrogen) atoms. The van der Waals surface area contributed by atoms with Crippen molar-refractivity contribution in [2.75, 3.05) is 38.1 Å². The Hall–Kier alpha value is -4.86. The zero-order valence-corrected chi connectivity index (χ0v) is 19.6. The van der Waals surface area contributed by atoms with Crippen LogP contribution in [0.3, 0.4) is 0 Å². The summed E-state index contributed by atoms with van der Waals surface area (Å²) in [6.07, 6.45) is 0. The van der Waals surface area contributed by atoms with E-state index in [0.29, 0.717) is 22.9 Å². The van der Waals surface area contributed by atoms with Crippen LogP contribution in [0.5, 0.6) is 11.5 Å². The van der Waals surface area contributed by atoms with Crippen LogP contribution < -0.4 is 20.1 Å². The number of carbonyl (C=O) groups excluding carboxylic acids is 4. The molecular weight excluding hydrogens is 468 g/mol. The maximum Gasteiger partial charge on any atom is 0.343 e. The molecule has 0 spiro atoms. The van der Waals surface area contributed by atoms with Crippen LogP contribution in [0.4, 0.5) is 11.4 Å². The van der Waals surface area contributed by atoms with Gasteiger partial charge in [-0.25, -0.2) is 9.59 Å². The first kappa shape index (κ1) is 25.8. The lowest BCUT2D eigenvalue weighted by Gasteiger charge is -2.10. The normalized spacial score (nSPS) is 10.1. The van der Waals surface area contributed by atoms with Gasteiger partial charge in [-0.2, -0.15) is 0 Å². The number of hydrogen-bond acceptors (Lipinski definition) is 8. The summed E-state index contributed by atoms with van der Waals surface area (Å²) in [6, 6.07) is 19.2. The lowest BCUT2D eigenvalue weighted by molar-refractivity contribution is -0.143. The highest BCUT2D eigenvalue weighted by atomic mass is 16.6. The van der Waals surface area contributed by atoms with Gasteiger partial charge in [0.15, 0.2) is 13.2 Å². The average Bonchev–Trinajstić information content (AvgIpc) is 2.90. The van der Waals surface area contributed by atoms with Crippen LogP contribution in [0.15, 0.2) is 72.8 Å². The molecule has 0 saturated heterocycles. The minimum Gasteiger partial charge on any atom is -0.482 e. The number of anilines is 2. The Morgan fingerprint density at radius 3 is 1.44 bits per heavy atom. The van der Waals surface area contributed by atoms with Crippen molar-refractivity contribution in [2.45, 2.75) is 0 Å². The Morgan fingerprint density at radius 2 is 1.03 bits per heavy atom. The first-order valence-electron chi connectivity index (χ1n) is 10.7. The Kier molecular flexibility index (Phi) is 8.99. The van der Waals surface area contributed by atoms with E-state index in [9.17, 15) is 19.2 Å². The second-order valence-corrected chi connectivity index (χ2v) is 7.27. The maximum atomic E-state index is 12.8. The molecule has 0 aromatic heterocycles. The van der Waals surface area contributed by atoms with Gasteiger partial charge in [-0.05, 0) is 42.5 Å². The van der Waals surface area contributed by atoms with Gasteiger partial charge in [0.05, 0.1) is 14.2 Å². The summed E-state index contributed by atoms with van der Waals surface area (Å²) in [5, 5.41) is 5.46. The van der Waals surface area contributed by atoms with Gasteiger partial charge in [-0.15, -0.1) is 0 Å². The molecule has 3 rings (SSSR count). The molecule has 0 unspecified atom stereocenters. The van der Waals surface area contributed by atoms with Gasteiger partial charge < -0.3 is 29.6 Å². The molecule has 186 valence electrons. The van der Waals surface area contributed by atoms with Gasteiger partial charge in [-0.1, -0.05) is 18.2 Å². The number of amides is 2. The SMILES string of the molecule is COC(=O)COc1cccc(NC(=O)c2cccc(C(=O)Nc3cccc(OCC(=O)OC)c3)c2)c1. The van der Waals surface area contributed by atoms with Gasteiger partial charge in [0.2, 0.25) is 0 Å². The lowest BCUT2D eigenvalue weighted by Crippen LogP contribution is -2.16. The number of benzene rings is 3. The van der Waals surface area contributed by atoms with Crippen LogP contribution in [0.2, 0.25) is 0 Å². The quantitative estimate of drug-likeness (QED) is 0.413. The molecule has 0 atom stereocenters. The molecule has 0 aliphatic carbocycles. The molecule has 0 aliphatic heterocycles.